The van der Waals surface area contributed by atoms with Gasteiger partial charge in [-0.3, -0.25) is 4.79 Å². The molecule has 2 saturated heterocycles. The Morgan fingerprint density at radius 1 is 0.853 bits per heavy atom. The Labute approximate surface area is 202 Å². The molecule has 34 heavy (non-hydrogen) atoms. The molecule has 4 rings (SSSR count). The summed E-state index contributed by atoms with van der Waals surface area (Å²) in [6, 6.07) is 16.4. The highest BCUT2D eigenvalue weighted by atomic mass is 32.2. The Hall–Kier alpha value is -2.58. The third kappa shape index (κ3) is 5.91. The molecule has 0 aliphatic carbocycles. The number of carbonyl (C=O) groups is 1. The fraction of sp³-hybridized carbons (Fsp3) is 0.500. The number of amides is 1. The van der Waals surface area contributed by atoms with Crippen LogP contribution in [0.4, 0.5) is 0 Å². The van der Waals surface area contributed by atoms with Crippen molar-refractivity contribution in [3.05, 3.63) is 54.6 Å². The Morgan fingerprint density at radius 2 is 1.47 bits per heavy atom. The van der Waals surface area contributed by atoms with Crippen LogP contribution in [0.15, 0.2) is 59.5 Å². The van der Waals surface area contributed by atoms with Gasteiger partial charge < -0.3 is 14.4 Å². The number of sulfonamides is 1. The maximum absolute atomic E-state index is 13.1. The number of benzene rings is 2. The summed E-state index contributed by atoms with van der Waals surface area (Å²) in [5.74, 6) is 2.05. The van der Waals surface area contributed by atoms with Crippen molar-refractivity contribution < 1.29 is 22.7 Å². The van der Waals surface area contributed by atoms with Crippen LogP contribution in [0, 0.1) is 11.8 Å². The number of ether oxygens (including phenoxy) is 2. The fourth-order valence-corrected chi connectivity index (χ4v) is 6.15. The lowest BCUT2D eigenvalue weighted by Gasteiger charge is -2.37. The van der Waals surface area contributed by atoms with Crippen molar-refractivity contribution in [2.75, 3.05) is 39.4 Å². The molecule has 0 saturated carbocycles. The van der Waals surface area contributed by atoms with Crippen LogP contribution in [0.25, 0.3) is 0 Å². The summed E-state index contributed by atoms with van der Waals surface area (Å²) in [6.45, 7) is 5.32. The maximum Gasteiger partial charge on any atom is 0.243 e. The van der Waals surface area contributed by atoms with E-state index in [4.69, 9.17) is 9.47 Å². The first-order chi connectivity index (χ1) is 16.5. The van der Waals surface area contributed by atoms with Crippen molar-refractivity contribution in [1.82, 2.24) is 9.21 Å². The third-order valence-corrected chi connectivity index (χ3v) is 8.64. The topological polar surface area (TPSA) is 76.2 Å². The lowest BCUT2D eigenvalue weighted by Crippen LogP contribution is -2.46. The Balaban J connectivity index is 1.23. The molecule has 2 aliphatic rings. The van der Waals surface area contributed by atoms with Gasteiger partial charge in [0.25, 0.3) is 0 Å². The lowest BCUT2D eigenvalue weighted by molar-refractivity contribution is -0.138. The highest BCUT2D eigenvalue weighted by Crippen LogP contribution is 2.28. The van der Waals surface area contributed by atoms with Gasteiger partial charge in [0.05, 0.1) is 18.1 Å². The van der Waals surface area contributed by atoms with Gasteiger partial charge in [-0.15, -0.1) is 0 Å². The van der Waals surface area contributed by atoms with Gasteiger partial charge in [-0.25, -0.2) is 8.42 Å². The first-order valence-corrected chi connectivity index (χ1v) is 13.6. The van der Waals surface area contributed by atoms with Gasteiger partial charge in [0.1, 0.15) is 11.5 Å². The van der Waals surface area contributed by atoms with Gasteiger partial charge in [-0.1, -0.05) is 18.2 Å². The molecular weight excluding hydrogens is 452 g/mol. The van der Waals surface area contributed by atoms with Crippen LogP contribution in [0.3, 0.4) is 0 Å². The van der Waals surface area contributed by atoms with Crippen LogP contribution in [0.1, 0.15) is 32.6 Å². The molecular formula is C26H34N2O5S. The Bertz CT molecular complexity index is 1030. The van der Waals surface area contributed by atoms with Gasteiger partial charge in [0, 0.05) is 32.1 Å². The van der Waals surface area contributed by atoms with Crippen LogP contribution in [-0.4, -0.2) is 62.9 Å². The number of carbonyl (C=O) groups excluding carboxylic acids is 1. The molecule has 0 radical (unpaired) electrons. The molecule has 0 N–H and O–H groups in total. The molecule has 0 atom stereocenters. The lowest BCUT2D eigenvalue weighted by atomic mass is 9.93. The summed E-state index contributed by atoms with van der Waals surface area (Å²) in [4.78, 5) is 15.3. The van der Waals surface area contributed by atoms with Gasteiger partial charge >= 0.3 is 0 Å². The van der Waals surface area contributed by atoms with Crippen molar-refractivity contribution in [2.45, 2.75) is 37.5 Å². The van der Waals surface area contributed by atoms with Crippen molar-refractivity contribution in [2.24, 2.45) is 11.8 Å². The molecule has 0 bridgehead atoms. The summed E-state index contributed by atoms with van der Waals surface area (Å²) in [5.41, 5.74) is 0. The second kappa shape index (κ2) is 11.2. The summed E-state index contributed by atoms with van der Waals surface area (Å²) in [5, 5.41) is 0. The predicted octanol–water partition coefficient (Wildman–Crippen LogP) is 3.80. The zero-order chi connectivity index (χ0) is 24.0. The number of hydrogen-bond acceptors (Lipinski definition) is 5. The maximum atomic E-state index is 13.1. The van der Waals surface area contributed by atoms with E-state index >= 15 is 0 Å². The standard InChI is InChI=1S/C26H34N2O5S/c1-2-32-24-8-10-25(11-9-24)34(30,31)28-18-14-22(15-19-28)26(29)27-16-12-21(13-17-27)20-33-23-6-4-3-5-7-23/h3-11,21-22H,2,12-20H2,1H3. The average Bonchev–Trinajstić information content (AvgIpc) is 2.88. The average molecular weight is 487 g/mol. The van der Waals surface area contributed by atoms with Gasteiger partial charge in [0.15, 0.2) is 0 Å². The summed E-state index contributed by atoms with van der Waals surface area (Å²) in [7, 11) is -3.57. The summed E-state index contributed by atoms with van der Waals surface area (Å²) < 4.78 is 38.8. The number of para-hydroxylation sites is 1. The molecule has 8 heteroatoms. The van der Waals surface area contributed by atoms with E-state index in [2.05, 4.69) is 0 Å². The number of rotatable bonds is 8. The van der Waals surface area contributed by atoms with E-state index in [0.29, 0.717) is 50.8 Å². The van der Waals surface area contributed by atoms with Crippen molar-refractivity contribution in [3.63, 3.8) is 0 Å². The van der Waals surface area contributed by atoms with Crippen LogP contribution >= 0.6 is 0 Å². The summed E-state index contributed by atoms with van der Waals surface area (Å²) >= 11 is 0. The SMILES string of the molecule is CCOc1ccc(S(=O)(=O)N2CCC(C(=O)N3CCC(COc4ccccc4)CC3)CC2)cc1. The number of piperidine rings is 2. The van der Waals surface area contributed by atoms with E-state index in [1.54, 1.807) is 24.3 Å². The molecule has 0 unspecified atom stereocenters. The van der Waals surface area contributed by atoms with Crippen molar-refractivity contribution in [1.29, 1.82) is 0 Å². The first-order valence-electron chi connectivity index (χ1n) is 12.2. The van der Waals surface area contributed by atoms with Crippen LogP contribution in [-0.2, 0) is 14.8 Å². The quantitative estimate of drug-likeness (QED) is 0.567. The van der Waals surface area contributed by atoms with E-state index in [1.807, 2.05) is 42.2 Å². The number of hydrogen-bond donors (Lipinski definition) is 0. The normalized spacial score (nSPS) is 18.6. The third-order valence-electron chi connectivity index (χ3n) is 6.73. The minimum Gasteiger partial charge on any atom is -0.494 e. The minimum atomic E-state index is -3.57. The van der Waals surface area contributed by atoms with E-state index in [9.17, 15) is 13.2 Å². The van der Waals surface area contributed by atoms with Crippen molar-refractivity contribution in [3.8, 4) is 11.5 Å². The van der Waals surface area contributed by atoms with Crippen LogP contribution < -0.4 is 9.47 Å². The second-order valence-corrected chi connectivity index (χ2v) is 10.9. The van der Waals surface area contributed by atoms with Gasteiger partial charge in [-0.05, 0) is 74.9 Å². The number of likely N-dealkylation sites (tertiary alicyclic amines) is 1. The largest absolute Gasteiger partial charge is 0.494 e. The molecule has 2 aromatic rings. The van der Waals surface area contributed by atoms with E-state index < -0.39 is 10.0 Å². The van der Waals surface area contributed by atoms with E-state index in [0.717, 1.165) is 31.7 Å². The highest BCUT2D eigenvalue weighted by Gasteiger charge is 2.35. The Kier molecular flexibility index (Phi) is 8.11. The molecule has 2 heterocycles. The fourth-order valence-electron chi connectivity index (χ4n) is 4.68. The smallest absolute Gasteiger partial charge is 0.243 e. The number of nitrogens with zero attached hydrogens (tertiary/aromatic N) is 2. The monoisotopic (exact) mass is 486 g/mol. The van der Waals surface area contributed by atoms with Crippen molar-refractivity contribution >= 4 is 15.9 Å². The molecule has 1 amide bonds. The molecule has 0 aromatic heterocycles. The van der Waals surface area contributed by atoms with Gasteiger partial charge in [0.2, 0.25) is 15.9 Å². The van der Waals surface area contributed by atoms with Crippen LogP contribution in [0.5, 0.6) is 11.5 Å². The molecule has 7 nitrogen and oxygen atoms in total. The molecule has 2 fully saturated rings. The van der Waals surface area contributed by atoms with Gasteiger partial charge in [-0.2, -0.15) is 4.31 Å². The van der Waals surface area contributed by atoms with E-state index in [-0.39, 0.29) is 16.7 Å². The molecule has 0 spiro atoms. The highest BCUT2D eigenvalue weighted by molar-refractivity contribution is 7.89. The van der Waals surface area contributed by atoms with E-state index in [1.165, 1.54) is 4.31 Å². The molecule has 2 aromatic carbocycles. The molecule has 184 valence electrons. The van der Waals surface area contributed by atoms with Crippen LogP contribution in [0.2, 0.25) is 0 Å². The zero-order valence-electron chi connectivity index (χ0n) is 19.8. The molecule has 2 aliphatic heterocycles. The summed E-state index contributed by atoms with van der Waals surface area (Å²) in [6.07, 6.45) is 2.99. The minimum absolute atomic E-state index is 0.108. The predicted molar refractivity (Wildman–Crippen MR) is 130 cm³/mol. The second-order valence-electron chi connectivity index (χ2n) is 8.98. The zero-order valence-corrected chi connectivity index (χ0v) is 20.6. The first kappa shape index (κ1) is 24.5. The Morgan fingerprint density at radius 3 is 2.09 bits per heavy atom.